The van der Waals surface area contributed by atoms with Crippen LogP contribution in [0.2, 0.25) is 0 Å². The molecule has 0 saturated heterocycles. The van der Waals surface area contributed by atoms with Crippen molar-refractivity contribution in [3.05, 3.63) is 29.8 Å². The standard InChI is InChI=1S/C18H30N2O2/c1-3-5-13-20(14-6-4-2)15-9-12-19-18(22)16-10-7-8-11-17(16)21/h7-8,10-11,21H,3-6,9,12-15H2,1-2H3,(H,19,22). The van der Waals surface area contributed by atoms with Gasteiger partial charge in [-0.05, 0) is 51.0 Å². The van der Waals surface area contributed by atoms with E-state index < -0.39 is 0 Å². The van der Waals surface area contributed by atoms with E-state index in [0.717, 1.165) is 26.1 Å². The molecule has 0 heterocycles. The predicted octanol–water partition coefficient (Wildman–Crippen LogP) is 3.41. The molecule has 2 N–H and O–H groups in total. The Morgan fingerprint density at radius 2 is 1.64 bits per heavy atom. The van der Waals surface area contributed by atoms with Gasteiger partial charge in [-0.25, -0.2) is 0 Å². The number of hydrogen-bond donors (Lipinski definition) is 2. The van der Waals surface area contributed by atoms with E-state index in [0.29, 0.717) is 12.1 Å². The third kappa shape index (κ3) is 6.94. The molecule has 0 aromatic heterocycles. The van der Waals surface area contributed by atoms with E-state index in [1.807, 2.05) is 0 Å². The minimum Gasteiger partial charge on any atom is -0.507 e. The van der Waals surface area contributed by atoms with E-state index in [9.17, 15) is 9.90 Å². The van der Waals surface area contributed by atoms with E-state index in [-0.39, 0.29) is 11.7 Å². The molecule has 1 aromatic carbocycles. The number of amides is 1. The number of hydrogen-bond acceptors (Lipinski definition) is 3. The highest BCUT2D eigenvalue weighted by atomic mass is 16.3. The summed E-state index contributed by atoms with van der Waals surface area (Å²) in [6.45, 7) is 8.37. The molecule has 4 heteroatoms. The van der Waals surface area contributed by atoms with Gasteiger partial charge in [-0.3, -0.25) is 4.79 Å². The lowest BCUT2D eigenvalue weighted by molar-refractivity contribution is 0.0949. The van der Waals surface area contributed by atoms with Crippen molar-refractivity contribution >= 4 is 5.91 Å². The molecule has 0 aliphatic heterocycles. The predicted molar refractivity (Wildman–Crippen MR) is 91.3 cm³/mol. The van der Waals surface area contributed by atoms with Crippen molar-refractivity contribution < 1.29 is 9.90 Å². The van der Waals surface area contributed by atoms with Gasteiger partial charge in [-0.1, -0.05) is 38.8 Å². The fraction of sp³-hybridized carbons (Fsp3) is 0.611. The normalized spacial score (nSPS) is 10.9. The van der Waals surface area contributed by atoms with Crippen LogP contribution in [-0.4, -0.2) is 42.1 Å². The number of phenols is 1. The Kier molecular flexibility index (Phi) is 9.31. The molecule has 0 unspecified atom stereocenters. The SMILES string of the molecule is CCCCN(CCCC)CCCNC(=O)c1ccccc1O. The number of rotatable bonds is 11. The lowest BCUT2D eigenvalue weighted by atomic mass is 10.2. The van der Waals surface area contributed by atoms with Crippen molar-refractivity contribution in [1.82, 2.24) is 10.2 Å². The molecule has 0 saturated carbocycles. The van der Waals surface area contributed by atoms with E-state index in [2.05, 4.69) is 24.1 Å². The smallest absolute Gasteiger partial charge is 0.255 e. The summed E-state index contributed by atoms with van der Waals surface area (Å²) in [6, 6.07) is 6.64. The molecule has 0 radical (unpaired) electrons. The highest BCUT2D eigenvalue weighted by molar-refractivity contribution is 5.96. The van der Waals surface area contributed by atoms with Gasteiger partial charge in [0.2, 0.25) is 0 Å². The quantitative estimate of drug-likeness (QED) is 0.616. The van der Waals surface area contributed by atoms with Gasteiger partial charge in [0.05, 0.1) is 5.56 Å². The second-order valence-corrected chi connectivity index (χ2v) is 5.68. The zero-order chi connectivity index (χ0) is 16.2. The van der Waals surface area contributed by atoms with Crippen LogP contribution in [0, 0.1) is 0 Å². The molecule has 0 aliphatic carbocycles. The average molecular weight is 306 g/mol. The largest absolute Gasteiger partial charge is 0.507 e. The molecule has 1 amide bonds. The Hall–Kier alpha value is -1.55. The zero-order valence-electron chi connectivity index (χ0n) is 14.0. The number of unbranched alkanes of at least 4 members (excludes halogenated alkanes) is 2. The van der Waals surface area contributed by atoms with Crippen molar-refractivity contribution in [3.63, 3.8) is 0 Å². The fourth-order valence-electron chi connectivity index (χ4n) is 2.36. The third-order valence-corrected chi connectivity index (χ3v) is 3.74. The Morgan fingerprint density at radius 1 is 1.05 bits per heavy atom. The first-order valence-corrected chi connectivity index (χ1v) is 8.47. The summed E-state index contributed by atoms with van der Waals surface area (Å²) in [6.07, 6.45) is 5.83. The van der Waals surface area contributed by atoms with E-state index >= 15 is 0 Å². The number of carbonyl (C=O) groups excluding carboxylic acids is 1. The number of nitrogens with one attached hydrogen (secondary N) is 1. The van der Waals surface area contributed by atoms with Crippen molar-refractivity contribution in [3.8, 4) is 5.75 Å². The molecule has 0 aliphatic rings. The van der Waals surface area contributed by atoms with Crippen LogP contribution in [0.1, 0.15) is 56.3 Å². The highest BCUT2D eigenvalue weighted by Gasteiger charge is 2.09. The second kappa shape index (κ2) is 11.1. The minimum absolute atomic E-state index is 0.0347. The summed E-state index contributed by atoms with van der Waals surface area (Å²) in [5.74, 6) is -0.167. The number of benzene rings is 1. The van der Waals surface area contributed by atoms with Crippen molar-refractivity contribution in [2.24, 2.45) is 0 Å². The van der Waals surface area contributed by atoms with E-state index in [4.69, 9.17) is 0 Å². The Labute approximate surface area is 134 Å². The summed E-state index contributed by atoms with van der Waals surface area (Å²) in [5, 5.41) is 12.5. The molecule has 1 rings (SSSR count). The first kappa shape index (κ1) is 18.5. The number of carbonyl (C=O) groups is 1. The Morgan fingerprint density at radius 3 is 2.23 bits per heavy atom. The lowest BCUT2D eigenvalue weighted by Crippen LogP contribution is -2.31. The molecule has 4 nitrogen and oxygen atoms in total. The number of aromatic hydroxyl groups is 1. The van der Waals surface area contributed by atoms with E-state index in [1.54, 1.807) is 18.2 Å². The molecule has 0 fully saturated rings. The molecule has 22 heavy (non-hydrogen) atoms. The minimum atomic E-state index is -0.202. The summed E-state index contributed by atoms with van der Waals surface area (Å²) >= 11 is 0. The summed E-state index contributed by atoms with van der Waals surface area (Å²) in [7, 11) is 0. The van der Waals surface area contributed by atoms with Gasteiger partial charge < -0.3 is 15.3 Å². The third-order valence-electron chi connectivity index (χ3n) is 3.74. The fourth-order valence-corrected chi connectivity index (χ4v) is 2.36. The summed E-state index contributed by atoms with van der Waals surface area (Å²) in [4.78, 5) is 14.5. The zero-order valence-corrected chi connectivity index (χ0v) is 14.0. The van der Waals surface area contributed by atoms with Gasteiger partial charge in [-0.2, -0.15) is 0 Å². The molecule has 0 bridgehead atoms. The Balaban J connectivity index is 2.29. The monoisotopic (exact) mass is 306 g/mol. The van der Waals surface area contributed by atoms with Crippen LogP contribution in [0.3, 0.4) is 0 Å². The second-order valence-electron chi connectivity index (χ2n) is 5.68. The summed E-state index contributed by atoms with van der Waals surface area (Å²) < 4.78 is 0. The molecule has 124 valence electrons. The van der Waals surface area contributed by atoms with Crippen LogP contribution in [0.15, 0.2) is 24.3 Å². The first-order chi connectivity index (χ1) is 10.7. The van der Waals surface area contributed by atoms with Crippen molar-refractivity contribution in [1.29, 1.82) is 0 Å². The van der Waals surface area contributed by atoms with E-state index in [1.165, 1.54) is 31.7 Å². The number of nitrogens with zero attached hydrogens (tertiary/aromatic N) is 1. The first-order valence-electron chi connectivity index (χ1n) is 8.47. The molecule has 0 spiro atoms. The Bertz CT molecular complexity index is 427. The lowest BCUT2D eigenvalue weighted by Gasteiger charge is -2.21. The van der Waals surface area contributed by atoms with Gasteiger partial charge in [0.15, 0.2) is 0 Å². The van der Waals surface area contributed by atoms with Crippen LogP contribution >= 0.6 is 0 Å². The molecule has 1 aromatic rings. The van der Waals surface area contributed by atoms with Crippen LogP contribution in [0.25, 0.3) is 0 Å². The molecular weight excluding hydrogens is 276 g/mol. The summed E-state index contributed by atoms with van der Waals surface area (Å²) in [5.41, 5.74) is 0.344. The van der Waals surface area contributed by atoms with Gasteiger partial charge in [-0.15, -0.1) is 0 Å². The van der Waals surface area contributed by atoms with Gasteiger partial charge in [0, 0.05) is 6.54 Å². The van der Waals surface area contributed by atoms with Crippen molar-refractivity contribution in [2.75, 3.05) is 26.2 Å². The van der Waals surface area contributed by atoms with Gasteiger partial charge in [0.1, 0.15) is 5.75 Å². The highest BCUT2D eigenvalue weighted by Crippen LogP contribution is 2.14. The number of phenolic OH excluding ortho intramolecular Hbond substituents is 1. The maximum absolute atomic E-state index is 12.0. The van der Waals surface area contributed by atoms with Crippen LogP contribution in [-0.2, 0) is 0 Å². The van der Waals surface area contributed by atoms with Gasteiger partial charge >= 0.3 is 0 Å². The topological polar surface area (TPSA) is 52.6 Å². The van der Waals surface area contributed by atoms with Crippen LogP contribution in [0.5, 0.6) is 5.75 Å². The maximum atomic E-state index is 12.0. The number of para-hydroxylation sites is 1. The molecular formula is C18H30N2O2. The maximum Gasteiger partial charge on any atom is 0.255 e. The molecule has 0 atom stereocenters. The van der Waals surface area contributed by atoms with Crippen molar-refractivity contribution in [2.45, 2.75) is 46.0 Å². The van der Waals surface area contributed by atoms with Gasteiger partial charge in [0.25, 0.3) is 5.91 Å². The average Bonchev–Trinajstić information content (AvgIpc) is 2.53. The van der Waals surface area contributed by atoms with Crippen LogP contribution in [0.4, 0.5) is 0 Å². The van der Waals surface area contributed by atoms with Crippen LogP contribution < -0.4 is 5.32 Å².